The van der Waals surface area contributed by atoms with Crippen LogP contribution in [0.5, 0.6) is 0 Å². The fourth-order valence-electron chi connectivity index (χ4n) is 4.34. The number of hydrogen-bond donors (Lipinski definition) is 2. The third-order valence-corrected chi connectivity index (χ3v) is 6.37. The van der Waals surface area contributed by atoms with Crippen LogP contribution in [0.15, 0.2) is 16.9 Å². The molecule has 0 aromatic carbocycles. The van der Waals surface area contributed by atoms with Crippen molar-refractivity contribution in [3.05, 3.63) is 45.1 Å². The van der Waals surface area contributed by atoms with Crippen LogP contribution in [-0.2, 0) is 29.7 Å². The highest BCUT2D eigenvalue weighted by Crippen LogP contribution is 2.20. The van der Waals surface area contributed by atoms with Gasteiger partial charge in [0, 0.05) is 48.3 Å². The van der Waals surface area contributed by atoms with E-state index in [0.29, 0.717) is 32.0 Å². The van der Waals surface area contributed by atoms with E-state index in [-0.39, 0.29) is 22.9 Å². The van der Waals surface area contributed by atoms with Crippen molar-refractivity contribution in [2.45, 2.75) is 71.1 Å². The van der Waals surface area contributed by atoms with Gasteiger partial charge < -0.3 is 10.1 Å². The van der Waals surface area contributed by atoms with Crippen molar-refractivity contribution in [2.24, 2.45) is 0 Å². The van der Waals surface area contributed by atoms with Crippen LogP contribution in [0, 0.1) is 0 Å². The highest BCUT2D eigenvalue weighted by atomic mass is 16.5. The summed E-state index contributed by atoms with van der Waals surface area (Å²) in [6.07, 6.45) is 4.04. The number of nitrogens with zero attached hydrogens (tertiary/aromatic N) is 4. The van der Waals surface area contributed by atoms with E-state index in [0.717, 1.165) is 55.7 Å². The number of aromatic amines is 1. The molecular weight excluding hydrogens is 408 g/mol. The Bertz CT molecular complexity index is 1010. The maximum Gasteiger partial charge on any atom is 0.271 e. The predicted octanol–water partition coefficient (Wildman–Crippen LogP) is 1.62. The molecule has 9 nitrogen and oxygen atoms in total. The van der Waals surface area contributed by atoms with E-state index >= 15 is 0 Å². The number of H-pyrrole nitrogens is 1. The predicted molar refractivity (Wildman–Crippen MR) is 121 cm³/mol. The van der Waals surface area contributed by atoms with Gasteiger partial charge in [-0.1, -0.05) is 27.2 Å². The Balaban J connectivity index is 1.34. The van der Waals surface area contributed by atoms with Gasteiger partial charge in [-0.05, 0) is 25.5 Å². The van der Waals surface area contributed by atoms with Crippen LogP contribution in [0.1, 0.15) is 67.5 Å². The molecule has 1 amide bonds. The van der Waals surface area contributed by atoms with Gasteiger partial charge in [-0.2, -0.15) is 10.2 Å². The summed E-state index contributed by atoms with van der Waals surface area (Å²) in [5.41, 5.74) is 3.07. The number of hydrogen-bond acceptors (Lipinski definition) is 6. The minimum atomic E-state index is -0.155. The number of fused-ring (bicyclic) bond motifs is 1. The molecule has 9 heteroatoms. The Labute approximate surface area is 188 Å². The number of carbonyl (C=O) groups excluding carboxylic acids is 1. The first-order valence-corrected chi connectivity index (χ1v) is 11.6. The van der Waals surface area contributed by atoms with E-state index in [1.165, 1.54) is 0 Å². The Kier molecular flexibility index (Phi) is 6.76. The molecule has 2 aromatic rings. The first kappa shape index (κ1) is 22.7. The van der Waals surface area contributed by atoms with Gasteiger partial charge in [0.2, 0.25) is 0 Å². The lowest BCUT2D eigenvalue weighted by Crippen LogP contribution is -2.48. The summed E-state index contributed by atoms with van der Waals surface area (Å²) >= 11 is 0. The molecular formula is C23H34N6O3. The molecule has 1 saturated heterocycles. The van der Waals surface area contributed by atoms with Crippen molar-refractivity contribution in [3.63, 3.8) is 0 Å². The molecule has 2 aliphatic heterocycles. The molecule has 0 radical (unpaired) electrons. The number of likely N-dealkylation sites (tertiary alicyclic amines) is 1. The Hall–Kier alpha value is -2.52. The molecule has 0 spiro atoms. The molecule has 1 atom stereocenters. The van der Waals surface area contributed by atoms with Gasteiger partial charge in [0.05, 0.1) is 25.5 Å². The molecule has 2 N–H and O–H groups in total. The summed E-state index contributed by atoms with van der Waals surface area (Å²) in [7, 11) is 0. The minimum absolute atomic E-state index is 0.0794. The molecule has 0 saturated carbocycles. The summed E-state index contributed by atoms with van der Waals surface area (Å²) in [6, 6.07) is 3.73. The van der Waals surface area contributed by atoms with Gasteiger partial charge in [0.1, 0.15) is 5.69 Å². The lowest BCUT2D eigenvalue weighted by atomic mass is 9.92. The van der Waals surface area contributed by atoms with Crippen molar-refractivity contribution >= 4 is 5.91 Å². The minimum Gasteiger partial charge on any atom is -0.376 e. The van der Waals surface area contributed by atoms with Crippen LogP contribution in [0.4, 0.5) is 0 Å². The normalized spacial score (nSPS) is 19.5. The Morgan fingerprint density at radius 3 is 2.91 bits per heavy atom. The number of amides is 1. The third kappa shape index (κ3) is 5.27. The zero-order valence-electron chi connectivity index (χ0n) is 19.3. The monoisotopic (exact) mass is 442 g/mol. The fraction of sp³-hybridized carbons (Fsp3) is 0.652. The summed E-state index contributed by atoms with van der Waals surface area (Å²) in [5, 5.41) is 14.8. The van der Waals surface area contributed by atoms with E-state index in [2.05, 4.69) is 46.3 Å². The zero-order chi connectivity index (χ0) is 22.7. The van der Waals surface area contributed by atoms with Crippen molar-refractivity contribution in [1.82, 2.24) is 30.2 Å². The van der Waals surface area contributed by atoms with Gasteiger partial charge in [-0.3, -0.25) is 19.6 Å². The zero-order valence-corrected chi connectivity index (χ0v) is 19.3. The first-order chi connectivity index (χ1) is 15.3. The van der Waals surface area contributed by atoms with Gasteiger partial charge in [-0.25, -0.2) is 4.68 Å². The summed E-state index contributed by atoms with van der Waals surface area (Å²) in [4.78, 5) is 27.4. The standard InChI is InChI=1S/C23H34N6O3/c1-23(2,3)20-13-19(25-26-20)22(31)24-14-17-6-4-5-8-28(17)9-10-29-21(30)12-16-15-32-11-7-18(16)27-29/h12-13,17H,4-11,14-15H2,1-3H3,(H,24,31)(H,25,26). The number of nitrogens with one attached hydrogen (secondary N) is 2. The fourth-order valence-corrected chi connectivity index (χ4v) is 4.34. The van der Waals surface area contributed by atoms with Crippen molar-refractivity contribution in [2.75, 3.05) is 26.2 Å². The highest BCUT2D eigenvalue weighted by molar-refractivity contribution is 5.92. The molecule has 1 unspecified atom stereocenters. The number of piperidine rings is 1. The van der Waals surface area contributed by atoms with Crippen molar-refractivity contribution in [3.8, 4) is 0 Å². The second-order valence-corrected chi connectivity index (χ2v) is 9.79. The molecule has 4 rings (SSSR count). The summed E-state index contributed by atoms with van der Waals surface area (Å²) in [5.74, 6) is -0.155. The van der Waals surface area contributed by atoms with Crippen LogP contribution >= 0.6 is 0 Å². The topological polar surface area (TPSA) is 105 Å². The number of rotatable bonds is 6. The van der Waals surface area contributed by atoms with E-state index in [9.17, 15) is 9.59 Å². The summed E-state index contributed by atoms with van der Waals surface area (Å²) < 4.78 is 6.99. The highest BCUT2D eigenvalue weighted by Gasteiger charge is 2.25. The molecule has 1 fully saturated rings. The Morgan fingerprint density at radius 1 is 1.28 bits per heavy atom. The molecule has 0 aliphatic carbocycles. The molecule has 32 heavy (non-hydrogen) atoms. The Morgan fingerprint density at radius 2 is 2.12 bits per heavy atom. The van der Waals surface area contributed by atoms with Crippen molar-refractivity contribution < 1.29 is 9.53 Å². The number of carbonyl (C=O) groups is 1. The third-order valence-electron chi connectivity index (χ3n) is 6.37. The maximum atomic E-state index is 12.6. The van der Waals surface area contributed by atoms with Gasteiger partial charge in [0.15, 0.2) is 0 Å². The smallest absolute Gasteiger partial charge is 0.271 e. The van der Waals surface area contributed by atoms with Crippen LogP contribution in [0.2, 0.25) is 0 Å². The molecule has 0 bridgehead atoms. The van der Waals surface area contributed by atoms with Gasteiger partial charge >= 0.3 is 0 Å². The van der Waals surface area contributed by atoms with Crippen LogP contribution in [0.3, 0.4) is 0 Å². The van der Waals surface area contributed by atoms with E-state index in [1.807, 2.05) is 6.07 Å². The van der Waals surface area contributed by atoms with Crippen LogP contribution in [0.25, 0.3) is 0 Å². The van der Waals surface area contributed by atoms with E-state index in [1.54, 1.807) is 10.7 Å². The molecule has 2 aromatic heterocycles. The van der Waals surface area contributed by atoms with E-state index in [4.69, 9.17) is 4.74 Å². The molecule has 174 valence electrons. The average Bonchev–Trinajstić information content (AvgIpc) is 3.28. The molecule has 2 aliphatic rings. The van der Waals surface area contributed by atoms with Crippen LogP contribution < -0.4 is 10.9 Å². The number of ether oxygens (including phenoxy) is 1. The number of aromatic nitrogens is 4. The SMILES string of the molecule is CC(C)(C)c1cc(C(=O)NCC2CCCCN2CCn2nc3c(cc2=O)COCC3)n[nH]1. The second-order valence-electron chi connectivity index (χ2n) is 9.79. The van der Waals surface area contributed by atoms with Gasteiger partial charge in [0.25, 0.3) is 11.5 Å². The van der Waals surface area contributed by atoms with Crippen LogP contribution in [-0.4, -0.2) is 63.1 Å². The average molecular weight is 443 g/mol. The van der Waals surface area contributed by atoms with E-state index < -0.39 is 0 Å². The largest absolute Gasteiger partial charge is 0.376 e. The summed E-state index contributed by atoms with van der Waals surface area (Å²) in [6.45, 7) is 10.2. The molecule has 4 heterocycles. The lowest BCUT2D eigenvalue weighted by molar-refractivity contribution is 0.0903. The van der Waals surface area contributed by atoms with Gasteiger partial charge in [-0.15, -0.1) is 0 Å². The first-order valence-electron chi connectivity index (χ1n) is 11.6. The van der Waals surface area contributed by atoms with Crippen molar-refractivity contribution in [1.29, 1.82) is 0 Å². The maximum absolute atomic E-state index is 12.6. The second kappa shape index (κ2) is 9.54. The quantitative estimate of drug-likeness (QED) is 0.704. The lowest BCUT2D eigenvalue weighted by Gasteiger charge is -2.35.